The van der Waals surface area contributed by atoms with E-state index < -0.39 is 12.0 Å². The quantitative estimate of drug-likeness (QED) is 0.596. The van der Waals surface area contributed by atoms with Crippen LogP contribution in [0.3, 0.4) is 0 Å². The van der Waals surface area contributed by atoms with Gasteiger partial charge in [0.25, 0.3) is 0 Å². The van der Waals surface area contributed by atoms with Crippen LogP contribution in [-0.4, -0.2) is 28.6 Å². The molecule has 4 heteroatoms. The second kappa shape index (κ2) is 7.43. The molecule has 0 saturated heterocycles. The fourth-order valence-electron chi connectivity index (χ4n) is 0.736. The van der Waals surface area contributed by atoms with Crippen LogP contribution < -0.4 is 5.73 Å². The minimum Gasteiger partial charge on any atom is -0.480 e. The molecule has 0 aliphatic carbocycles. The topological polar surface area (TPSA) is 63.3 Å². The van der Waals surface area contributed by atoms with Crippen LogP contribution in [0.4, 0.5) is 0 Å². The predicted molar refractivity (Wildman–Crippen MR) is 52.5 cm³/mol. The molecular formula is C8H17NO2S. The molecule has 72 valence electrons. The summed E-state index contributed by atoms with van der Waals surface area (Å²) in [5.41, 5.74) is 5.31. The van der Waals surface area contributed by atoms with Crippen molar-refractivity contribution in [2.75, 3.05) is 11.5 Å². The number of carbonyl (C=O) groups is 1. The van der Waals surface area contributed by atoms with E-state index in [0.717, 1.165) is 12.2 Å². The zero-order valence-electron chi connectivity index (χ0n) is 7.45. The standard InChI is InChI=1S/C8H17NO2S/c1-2-3-4-5-12-6-7(9)8(10)11/h7H,2-6,9H2,1H3,(H,10,11)/t7-/m1/s1. The van der Waals surface area contributed by atoms with E-state index in [1.54, 1.807) is 11.8 Å². The van der Waals surface area contributed by atoms with E-state index >= 15 is 0 Å². The van der Waals surface area contributed by atoms with Crippen molar-refractivity contribution in [1.29, 1.82) is 0 Å². The molecule has 0 aromatic carbocycles. The molecule has 0 spiro atoms. The molecule has 0 radical (unpaired) electrons. The second-order valence-corrected chi connectivity index (χ2v) is 3.88. The maximum atomic E-state index is 10.3. The number of aliphatic carboxylic acids is 1. The molecule has 0 rings (SSSR count). The van der Waals surface area contributed by atoms with Gasteiger partial charge in [-0.15, -0.1) is 0 Å². The van der Waals surface area contributed by atoms with Gasteiger partial charge in [-0.1, -0.05) is 19.8 Å². The Bertz CT molecular complexity index is 130. The third kappa shape index (κ3) is 6.49. The average Bonchev–Trinajstić information content (AvgIpc) is 2.03. The van der Waals surface area contributed by atoms with Gasteiger partial charge in [0.15, 0.2) is 0 Å². The van der Waals surface area contributed by atoms with Crippen molar-refractivity contribution >= 4 is 17.7 Å². The van der Waals surface area contributed by atoms with Gasteiger partial charge in [0, 0.05) is 5.75 Å². The molecule has 0 bridgehead atoms. The molecule has 0 aliphatic rings. The lowest BCUT2D eigenvalue weighted by molar-refractivity contribution is -0.137. The Balaban J connectivity index is 3.14. The Hall–Kier alpha value is -0.220. The Kier molecular flexibility index (Phi) is 7.29. The largest absolute Gasteiger partial charge is 0.480 e. The van der Waals surface area contributed by atoms with Crippen molar-refractivity contribution in [3.63, 3.8) is 0 Å². The Morgan fingerprint density at radius 1 is 1.58 bits per heavy atom. The average molecular weight is 191 g/mol. The Morgan fingerprint density at radius 3 is 2.75 bits per heavy atom. The molecule has 0 heterocycles. The van der Waals surface area contributed by atoms with E-state index in [9.17, 15) is 4.79 Å². The number of rotatable bonds is 7. The van der Waals surface area contributed by atoms with E-state index in [-0.39, 0.29) is 0 Å². The highest BCUT2D eigenvalue weighted by molar-refractivity contribution is 7.99. The summed E-state index contributed by atoms with van der Waals surface area (Å²) < 4.78 is 0. The monoisotopic (exact) mass is 191 g/mol. The van der Waals surface area contributed by atoms with Crippen LogP contribution in [0.15, 0.2) is 0 Å². The van der Waals surface area contributed by atoms with Crippen LogP contribution in [0.25, 0.3) is 0 Å². The van der Waals surface area contributed by atoms with Gasteiger partial charge in [0.2, 0.25) is 0 Å². The molecule has 1 atom stereocenters. The highest BCUT2D eigenvalue weighted by atomic mass is 32.2. The number of thioether (sulfide) groups is 1. The molecule has 3 nitrogen and oxygen atoms in total. The highest BCUT2D eigenvalue weighted by Gasteiger charge is 2.09. The van der Waals surface area contributed by atoms with Crippen molar-refractivity contribution in [1.82, 2.24) is 0 Å². The fourth-order valence-corrected chi connectivity index (χ4v) is 1.71. The first-order chi connectivity index (χ1) is 5.68. The molecule has 0 unspecified atom stereocenters. The molecule has 0 aliphatic heterocycles. The number of carboxylic acids is 1. The summed E-state index contributed by atoms with van der Waals surface area (Å²) in [5.74, 6) is 0.645. The van der Waals surface area contributed by atoms with Crippen molar-refractivity contribution in [2.45, 2.75) is 32.2 Å². The Morgan fingerprint density at radius 2 is 2.25 bits per heavy atom. The fraction of sp³-hybridized carbons (Fsp3) is 0.875. The summed E-state index contributed by atoms with van der Waals surface area (Å²) in [4.78, 5) is 10.3. The van der Waals surface area contributed by atoms with Crippen LogP contribution in [0.1, 0.15) is 26.2 Å². The summed E-state index contributed by atoms with van der Waals surface area (Å²) in [6, 6.07) is -0.698. The number of carboxylic acid groups (broad SMARTS) is 1. The van der Waals surface area contributed by atoms with E-state index in [0.29, 0.717) is 5.75 Å². The summed E-state index contributed by atoms with van der Waals surface area (Å²) in [5, 5.41) is 8.45. The van der Waals surface area contributed by atoms with E-state index in [1.807, 2.05) is 0 Å². The third-order valence-corrected chi connectivity index (χ3v) is 2.68. The number of nitrogens with two attached hydrogens (primary N) is 1. The zero-order valence-corrected chi connectivity index (χ0v) is 8.27. The summed E-state index contributed by atoms with van der Waals surface area (Å²) in [6.07, 6.45) is 3.58. The van der Waals surface area contributed by atoms with E-state index in [2.05, 4.69) is 6.92 Å². The molecule has 12 heavy (non-hydrogen) atoms. The van der Waals surface area contributed by atoms with Gasteiger partial charge in [-0.2, -0.15) is 11.8 Å². The van der Waals surface area contributed by atoms with Crippen LogP contribution in [-0.2, 0) is 4.79 Å². The maximum Gasteiger partial charge on any atom is 0.321 e. The van der Waals surface area contributed by atoms with E-state index in [1.165, 1.54) is 12.8 Å². The van der Waals surface area contributed by atoms with Crippen molar-refractivity contribution in [3.05, 3.63) is 0 Å². The lowest BCUT2D eigenvalue weighted by Gasteiger charge is -2.04. The molecule has 0 saturated carbocycles. The number of unbranched alkanes of at least 4 members (excludes halogenated alkanes) is 2. The van der Waals surface area contributed by atoms with Crippen molar-refractivity contribution in [3.8, 4) is 0 Å². The number of hydrogen-bond donors (Lipinski definition) is 2. The first kappa shape index (κ1) is 11.8. The first-order valence-corrected chi connectivity index (χ1v) is 5.40. The van der Waals surface area contributed by atoms with Gasteiger partial charge in [-0.05, 0) is 12.2 Å². The van der Waals surface area contributed by atoms with Gasteiger partial charge in [0.1, 0.15) is 6.04 Å². The first-order valence-electron chi connectivity index (χ1n) is 4.24. The summed E-state index contributed by atoms with van der Waals surface area (Å²) in [7, 11) is 0. The summed E-state index contributed by atoms with van der Waals surface area (Å²) >= 11 is 1.62. The molecule has 0 fully saturated rings. The predicted octanol–water partition coefficient (Wildman–Crippen LogP) is 1.32. The lowest BCUT2D eigenvalue weighted by Crippen LogP contribution is -2.32. The van der Waals surface area contributed by atoms with Gasteiger partial charge in [0.05, 0.1) is 0 Å². The van der Waals surface area contributed by atoms with Crippen LogP contribution in [0.5, 0.6) is 0 Å². The van der Waals surface area contributed by atoms with Gasteiger partial charge in [-0.3, -0.25) is 4.79 Å². The zero-order chi connectivity index (χ0) is 9.40. The Labute approximate surface area is 77.7 Å². The lowest BCUT2D eigenvalue weighted by atomic mass is 10.3. The normalized spacial score (nSPS) is 12.8. The molecule has 0 aromatic rings. The molecule has 3 N–H and O–H groups in total. The number of hydrogen-bond acceptors (Lipinski definition) is 3. The molecular weight excluding hydrogens is 174 g/mol. The van der Waals surface area contributed by atoms with Crippen LogP contribution in [0, 0.1) is 0 Å². The van der Waals surface area contributed by atoms with Crippen molar-refractivity contribution < 1.29 is 9.90 Å². The van der Waals surface area contributed by atoms with Gasteiger partial charge >= 0.3 is 5.97 Å². The van der Waals surface area contributed by atoms with Crippen LogP contribution >= 0.6 is 11.8 Å². The highest BCUT2D eigenvalue weighted by Crippen LogP contribution is 2.06. The third-order valence-electron chi connectivity index (χ3n) is 1.51. The molecule has 0 amide bonds. The SMILES string of the molecule is CCCCCSC[C@@H](N)C(=O)O. The smallest absolute Gasteiger partial charge is 0.321 e. The minimum atomic E-state index is -0.905. The summed E-state index contributed by atoms with van der Waals surface area (Å²) in [6.45, 7) is 2.15. The minimum absolute atomic E-state index is 0.527. The second-order valence-electron chi connectivity index (χ2n) is 2.73. The van der Waals surface area contributed by atoms with Crippen molar-refractivity contribution in [2.24, 2.45) is 5.73 Å². The molecule has 0 aromatic heterocycles. The van der Waals surface area contributed by atoms with Gasteiger partial charge in [-0.25, -0.2) is 0 Å². The maximum absolute atomic E-state index is 10.3. The van der Waals surface area contributed by atoms with Crippen LogP contribution in [0.2, 0.25) is 0 Å². The van der Waals surface area contributed by atoms with Gasteiger partial charge < -0.3 is 10.8 Å². The van der Waals surface area contributed by atoms with E-state index in [4.69, 9.17) is 10.8 Å².